The van der Waals surface area contributed by atoms with E-state index < -0.39 is 11.5 Å². The third kappa shape index (κ3) is 2.82. The van der Waals surface area contributed by atoms with Crippen LogP contribution in [0.4, 0.5) is 0 Å². The van der Waals surface area contributed by atoms with E-state index in [1.54, 1.807) is 32.2 Å². The Morgan fingerprint density at radius 3 is 2.71 bits per heavy atom. The molecule has 0 fully saturated rings. The molecule has 0 aromatic carbocycles. The first kappa shape index (κ1) is 15.2. The van der Waals surface area contributed by atoms with Crippen LogP contribution in [0, 0.1) is 0 Å². The molecule has 0 saturated heterocycles. The number of aromatic nitrogens is 3. The quantitative estimate of drug-likeness (QED) is 0.847. The largest absolute Gasteiger partial charge is 0.480 e. The van der Waals surface area contributed by atoms with Crippen LogP contribution < -0.4 is 5.69 Å². The maximum Gasteiger partial charge on any atom is 0.350 e. The fourth-order valence-corrected chi connectivity index (χ4v) is 2.30. The molecule has 114 valence electrons. The van der Waals surface area contributed by atoms with E-state index in [1.807, 2.05) is 17.9 Å². The maximum atomic E-state index is 12.1. The molecule has 0 bridgehead atoms. The molecule has 0 saturated carbocycles. The zero-order valence-electron chi connectivity index (χ0n) is 12.5. The summed E-state index contributed by atoms with van der Waals surface area (Å²) in [6.45, 7) is 6.60. The number of nitrogens with zero attached hydrogens (tertiary/aromatic N) is 4. The highest BCUT2D eigenvalue weighted by molar-refractivity contribution is 5.77. The average molecular weight is 292 g/mol. The van der Waals surface area contributed by atoms with Gasteiger partial charge in [0.2, 0.25) is 0 Å². The van der Waals surface area contributed by atoms with Crippen LogP contribution in [0.25, 0.3) is 5.65 Å². The lowest BCUT2D eigenvalue weighted by molar-refractivity contribution is -0.149. The van der Waals surface area contributed by atoms with Crippen LogP contribution in [0.15, 0.2) is 29.2 Å². The Hall–Kier alpha value is -2.15. The maximum absolute atomic E-state index is 12.1. The molecule has 0 unspecified atom stereocenters. The molecule has 1 N–H and O–H groups in total. The minimum absolute atomic E-state index is 0.213. The van der Waals surface area contributed by atoms with Gasteiger partial charge in [-0.25, -0.2) is 9.48 Å². The van der Waals surface area contributed by atoms with E-state index in [2.05, 4.69) is 5.10 Å². The van der Waals surface area contributed by atoms with Crippen molar-refractivity contribution in [3.05, 3.63) is 34.9 Å². The Kier molecular flexibility index (Phi) is 4.13. The Labute approximate surface area is 122 Å². The van der Waals surface area contributed by atoms with Gasteiger partial charge in [0.15, 0.2) is 5.65 Å². The molecule has 7 heteroatoms. The van der Waals surface area contributed by atoms with Crippen molar-refractivity contribution in [2.75, 3.05) is 13.1 Å². The number of carboxylic acids is 1. The summed E-state index contributed by atoms with van der Waals surface area (Å²) in [4.78, 5) is 25.3. The predicted molar refractivity (Wildman–Crippen MR) is 78.4 cm³/mol. The molecule has 0 aliphatic carbocycles. The van der Waals surface area contributed by atoms with Gasteiger partial charge in [0, 0.05) is 12.7 Å². The smallest absolute Gasteiger partial charge is 0.350 e. The predicted octanol–water partition coefficient (Wildman–Crippen LogP) is 0.681. The Bertz CT molecular complexity index is 702. The molecule has 0 atom stereocenters. The second kappa shape index (κ2) is 5.69. The third-order valence-corrected chi connectivity index (χ3v) is 3.77. The molecule has 0 aliphatic heterocycles. The van der Waals surface area contributed by atoms with Gasteiger partial charge in [-0.1, -0.05) is 13.0 Å². The number of aliphatic carboxylic acids is 1. The fourth-order valence-electron chi connectivity index (χ4n) is 2.30. The van der Waals surface area contributed by atoms with Crippen LogP contribution in [0.1, 0.15) is 20.8 Å². The molecular weight excluding hydrogens is 272 g/mol. The highest BCUT2D eigenvalue weighted by Gasteiger charge is 2.33. The fraction of sp³-hybridized carbons (Fsp3) is 0.500. The minimum Gasteiger partial charge on any atom is -0.480 e. The number of rotatable bonds is 6. The van der Waals surface area contributed by atoms with E-state index in [1.165, 1.54) is 9.08 Å². The number of carbonyl (C=O) groups is 1. The van der Waals surface area contributed by atoms with Crippen LogP contribution in [0.5, 0.6) is 0 Å². The van der Waals surface area contributed by atoms with Crippen LogP contribution in [0.2, 0.25) is 0 Å². The zero-order chi connectivity index (χ0) is 15.6. The molecule has 0 spiro atoms. The number of fused-ring (bicyclic) bond motifs is 1. The van der Waals surface area contributed by atoms with E-state index in [4.69, 9.17) is 0 Å². The summed E-state index contributed by atoms with van der Waals surface area (Å²) in [5.41, 5.74) is -0.602. The summed E-state index contributed by atoms with van der Waals surface area (Å²) in [5, 5.41) is 13.5. The van der Waals surface area contributed by atoms with Crippen molar-refractivity contribution in [3.8, 4) is 0 Å². The first-order valence-corrected chi connectivity index (χ1v) is 6.90. The number of pyridine rings is 1. The Morgan fingerprint density at radius 1 is 1.43 bits per heavy atom. The van der Waals surface area contributed by atoms with E-state index >= 15 is 0 Å². The minimum atomic E-state index is -0.975. The van der Waals surface area contributed by atoms with Crippen molar-refractivity contribution < 1.29 is 9.90 Å². The molecule has 2 aromatic rings. The molecular formula is C14H20N4O3. The van der Waals surface area contributed by atoms with Crippen LogP contribution in [-0.2, 0) is 11.3 Å². The highest BCUT2D eigenvalue weighted by atomic mass is 16.4. The van der Waals surface area contributed by atoms with Gasteiger partial charge in [0.05, 0.1) is 6.54 Å². The second-order valence-corrected chi connectivity index (χ2v) is 5.38. The molecule has 2 heterocycles. The summed E-state index contributed by atoms with van der Waals surface area (Å²) < 4.78 is 2.84. The van der Waals surface area contributed by atoms with Crippen LogP contribution >= 0.6 is 0 Å². The van der Waals surface area contributed by atoms with Gasteiger partial charge in [-0.05, 0) is 32.5 Å². The number of carboxylic acid groups (broad SMARTS) is 1. The first-order valence-electron chi connectivity index (χ1n) is 6.90. The molecule has 2 rings (SSSR count). The van der Waals surface area contributed by atoms with Gasteiger partial charge in [-0.2, -0.15) is 0 Å². The Morgan fingerprint density at radius 2 is 2.14 bits per heavy atom. The van der Waals surface area contributed by atoms with E-state index in [0.717, 1.165) is 0 Å². The summed E-state index contributed by atoms with van der Waals surface area (Å²) in [6, 6.07) is 5.35. The topological polar surface area (TPSA) is 79.8 Å². The van der Waals surface area contributed by atoms with Crippen LogP contribution in [0.3, 0.4) is 0 Å². The molecule has 7 nitrogen and oxygen atoms in total. The van der Waals surface area contributed by atoms with Gasteiger partial charge in [0.1, 0.15) is 5.54 Å². The number of hydrogen-bond acceptors (Lipinski definition) is 4. The monoisotopic (exact) mass is 292 g/mol. The van der Waals surface area contributed by atoms with Crippen molar-refractivity contribution >= 4 is 11.6 Å². The molecule has 0 aliphatic rings. The first-order chi connectivity index (χ1) is 9.87. The normalized spacial score (nSPS) is 12.2. The van der Waals surface area contributed by atoms with Gasteiger partial charge >= 0.3 is 11.7 Å². The van der Waals surface area contributed by atoms with Gasteiger partial charge in [-0.15, -0.1) is 5.10 Å². The van der Waals surface area contributed by atoms with E-state index in [0.29, 0.717) is 25.3 Å². The van der Waals surface area contributed by atoms with E-state index in [9.17, 15) is 14.7 Å². The highest BCUT2D eigenvalue weighted by Crippen LogP contribution is 2.14. The summed E-state index contributed by atoms with van der Waals surface area (Å²) >= 11 is 0. The lowest BCUT2D eigenvalue weighted by atomic mass is 10.0. The van der Waals surface area contributed by atoms with Gasteiger partial charge < -0.3 is 5.11 Å². The molecule has 21 heavy (non-hydrogen) atoms. The average Bonchev–Trinajstić information content (AvgIpc) is 2.76. The SMILES string of the molecule is CCN(CCn1nc2ccccn2c1=O)C(C)(C)C(=O)O. The lowest BCUT2D eigenvalue weighted by Crippen LogP contribution is -2.51. The van der Waals surface area contributed by atoms with Crippen molar-refractivity contribution in [2.45, 2.75) is 32.9 Å². The van der Waals surface area contributed by atoms with Crippen molar-refractivity contribution in [1.82, 2.24) is 19.1 Å². The third-order valence-electron chi connectivity index (χ3n) is 3.77. The van der Waals surface area contributed by atoms with E-state index in [-0.39, 0.29) is 5.69 Å². The second-order valence-electron chi connectivity index (χ2n) is 5.38. The van der Waals surface area contributed by atoms with Crippen LogP contribution in [-0.4, -0.2) is 48.8 Å². The number of likely N-dealkylation sites (N-methyl/N-ethyl adjacent to an activating group) is 1. The van der Waals surface area contributed by atoms with Gasteiger partial charge in [0.25, 0.3) is 0 Å². The molecule has 2 aromatic heterocycles. The summed E-state index contributed by atoms with van der Waals surface area (Å²) in [7, 11) is 0. The van der Waals surface area contributed by atoms with Crippen molar-refractivity contribution in [1.29, 1.82) is 0 Å². The Balaban J connectivity index is 2.19. The molecule has 0 amide bonds. The van der Waals surface area contributed by atoms with Crippen molar-refractivity contribution in [2.24, 2.45) is 0 Å². The standard InChI is InChI=1S/C14H20N4O3/c1-4-16(14(2,3)12(19)20)9-10-18-13(21)17-8-6-5-7-11(17)15-18/h5-8H,4,9-10H2,1-3H3,(H,19,20). The lowest BCUT2D eigenvalue weighted by Gasteiger charge is -2.33. The summed E-state index contributed by atoms with van der Waals surface area (Å²) in [6.07, 6.45) is 1.67. The molecule has 0 radical (unpaired) electrons. The summed E-state index contributed by atoms with van der Waals surface area (Å²) in [5.74, 6) is -0.883. The van der Waals surface area contributed by atoms with Crippen molar-refractivity contribution in [3.63, 3.8) is 0 Å². The van der Waals surface area contributed by atoms with Gasteiger partial charge in [-0.3, -0.25) is 14.1 Å². The zero-order valence-corrected chi connectivity index (χ0v) is 12.5. The number of hydrogen-bond donors (Lipinski definition) is 1.